The van der Waals surface area contributed by atoms with Gasteiger partial charge in [0.1, 0.15) is 18.2 Å². The first-order valence-electron chi connectivity index (χ1n) is 13.6. The molecule has 7 nitrogen and oxygen atoms in total. The molecule has 0 saturated heterocycles. The fraction of sp³-hybridized carbons (Fsp3) is 0.312. The highest BCUT2D eigenvalue weighted by molar-refractivity contribution is 8.00. The van der Waals surface area contributed by atoms with Crippen LogP contribution in [-0.2, 0) is 21.5 Å². The minimum atomic E-state index is -0.381. The number of anilines is 1. The van der Waals surface area contributed by atoms with Crippen LogP contribution in [-0.4, -0.2) is 38.9 Å². The molecule has 1 aliphatic rings. The summed E-state index contributed by atoms with van der Waals surface area (Å²) in [5.74, 6) is -0.0703. The van der Waals surface area contributed by atoms with Crippen molar-refractivity contribution in [2.24, 2.45) is 0 Å². The summed E-state index contributed by atoms with van der Waals surface area (Å²) in [6, 6.07) is 16.1. The van der Waals surface area contributed by atoms with Crippen LogP contribution in [0.5, 0.6) is 0 Å². The zero-order valence-electron chi connectivity index (χ0n) is 23.9. The lowest BCUT2D eigenvalue weighted by molar-refractivity contribution is -0.123. The predicted molar refractivity (Wildman–Crippen MR) is 161 cm³/mol. The molecular weight excluding hydrogens is 537 g/mol. The van der Waals surface area contributed by atoms with Gasteiger partial charge in [0.05, 0.1) is 22.4 Å². The Morgan fingerprint density at radius 3 is 2.54 bits per heavy atom. The van der Waals surface area contributed by atoms with Crippen LogP contribution in [0, 0.1) is 19.7 Å². The van der Waals surface area contributed by atoms with Crippen LogP contribution in [0.1, 0.15) is 59.5 Å². The quantitative estimate of drug-likeness (QED) is 0.316. The Balaban J connectivity index is 1.68. The summed E-state index contributed by atoms with van der Waals surface area (Å²) in [5, 5.41) is 7.80. The average Bonchev–Trinajstić information content (AvgIpc) is 3.28. The summed E-state index contributed by atoms with van der Waals surface area (Å²) >= 11 is 1.47. The summed E-state index contributed by atoms with van der Waals surface area (Å²) in [7, 11) is 0. The van der Waals surface area contributed by atoms with Crippen molar-refractivity contribution < 1.29 is 14.0 Å². The maximum absolute atomic E-state index is 13.9. The van der Waals surface area contributed by atoms with Gasteiger partial charge in [-0.05, 0) is 60.4 Å². The van der Waals surface area contributed by atoms with Crippen LogP contribution in [0.15, 0.2) is 67.0 Å². The van der Waals surface area contributed by atoms with Crippen molar-refractivity contribution >= 4 is 29.4 Å². The molecule has 1 atom stereocenters. The molecule has 1 aliphatic heterocycles. The number of nitrogens with zero attached hydrogens (tertiary/aromatic N) is 4. The fourth-order valence-corrected chi connectivity index (χ4v) is 6.21. The molecule has 0 saturated carbocycles. The summed E-state index contributed by atoms with van der Waals surface area (Å²) in [4.78, 5) is 32.8. The standard InChI is InChI=1S/C32H34FN5O2S/c1-20-8-6-10-25(21(20)2)38-31-28(30(36-38)32(3,4)5)29(23-11-13-24(33)14-12-23)41-19-27(40)37(31)18-26(39)35-17-22-9-7-15-34-16-22/h6-16,29H,17-19H2,1-5H3,(H,35,39). The van der Waals surface area contributed by atoms with Gasteiger partial charge in [-0.25, -0.2) is 9.07 Å². The Morgan fingerprint density at radius 1 is 1.10 bits per heavy atom. The predicted octanol–water partition coefficient (Wildman–Crippen LogP) is 5.81. The van der Waals surface area contributed by atoms with Crippen molar-refractivity contribution in [1.29, 1.82) is 0 Å². The molecule has 1 unspecified atom stereocenters. The number of carbonyl (C=O) groups is 2. The number of halogens is 1. The lowest BCUT2D eigenvalue weighted by Gasteiger charge is -2.25. The number of carbonyl (C=O) groups excluding carboxylic acids is 2. The van der Waals surface area contributed by atoms with Gasteiger partial charge < -0.3 is 5.32 Å². The lowest BCUT2D eigenvalue weighted by Crippen LogP contribution is -2.42. The number of pyridine rings is 1. The van der Waals surface area contributed by atoms with Gasteiger partial charge in [0.25, 0.3) is 0 Å². The van der Waals surface area contributed by atoms with E-state index in [2.05, 4.69) is 31.1 Å². The number of amides is 2. The SMILES string of the molecule is Cc1cccc(-n2nc(C(C)(C)C)c3c2N(CC(=O)NCc2cccnc2)C(=O)CSC3c2ccc(F)cc2)c1C. The van der Waals surface area contributed by atoms with Gasteiger partial charge in [-0.3, -0.25) is 19.5 Å². The Hall–Kier alpha value is -3.98. The normalized spacial score (nSPS) is 15.4. The highest BCUT2D eigenvalue weighted by Gasteiger charge is 2.40. The molecule has 0 bridgehead atoms. The summed E-state index contributed by atoms with van der Waals surface area (Å²) in [6.45, 7) is 10.5. The minimum absolute atomic E-state index is 0.156. The highest BCUT2D eigenvalue weighted by Crippen LogP contribution is 2.48. The molecule has 2 aromatic heterocycles. The van der Waals surface area contributed by atoms with Crippen molar-refractivity contribution in [3.05, 3.63) is 106 Å². The third-order valence-corrected chi connectivity index (χ3v) is 8.55. The van der Waals surface area contributed by atoms with Gasteiger partial charge in [0.15, 0.2) is 0 Å². The van der Waals surface area contributed by atoms with E-state index in [1.165, 1.54) is 23.9 Å². The second kappa shape index (κ2) is 11.5. The largest absolute Gasteiger partial charge is 0.350 e. The first-order chi connectivity index (χ1) is 19.5. The molecule has 0 fully saturated rings. The van der Waals surface area contributed by atoms with E-state index in [9.17, 15) is 14.0 Å². The first kappa shape index (κ1) is 28.5. The number of nitrogens with one attached hydrogen (secondary N) is 1. The molecule has 2 aromatic carbocycles. The topological polar surface area (TPSA) is 80.1 Å². The van der Waals surface area contributed by atoms with Gasteiger partial charge in [0, 0.05) is 29.9 Å². The van der Waals surface area contributed by atoms with Gasteiger partial charge in [-0.1, -0.05) is 51.1 Å². The van der Waals surface area contributed by atoms with E-state index in [0.29, 0.717) is 12.4 Å². The van der Waals surface area contributed by atoms with Gasteiger partial charge in [0.2, 0.25) is 11.8 Å². The van der Waals surface area contributed by atoms with Gasteiger partial charge >= 0.3 is 0 Å². The Kier molecular flexibility index (Phi) is 8.00. The van der Waals surface area contributed by atoms with Crippen LogP contribution < -0.4 is 10.2 Å². The van der Waals surface area contributed by atoms with E-state index < -0.39 is 0 Å². The number of benzene rings is 2. The van der Waals surface area contributed by atoms with Gasteiger partial charge in [-0.2, -0.15) is 5.10 Å². The maximum Gasteiger partial charge on any atom is 0.240 e. The van der Waals surface area contributed by atoms with E-state index >= 15 is 0 Å². The summed E-state index contributed by atoms with van der Waals surface area (Å²) < 4.78 is 15.8. The summed E-state index contributed by atoms with van der Waals surface area (Å²) in [6.07, 6.45) is 3.38. The molecule has 4 aromatic rings. The zero-order chi connectivity index (χ0) is 29.3. The molecule has 3 heterocycles. The average molecular weight is 572 g/mol. The monoisotopic (exact) mass is 571 g/mol. The van der Waals surface area contributed by atoms with Crippen molar-refractivity contribution in [3.63, 3.8) is 0 Å². The Morgan fingerprint density at radius 2 is 1.85 bits per heavy atom. The maximum atomic E-state index is 13.9. The fourth-order valence-electron chi connectivity index (χ4n) is 5.01. The molecule has 5 rings (SSSR count). The van der Waals surface area contributed by atoms with E-state index in [1.807, 2.05) is 48.9 Å². The second-order valence-corrected chi connectivity index (χ2v) is 12.4. The Bertz CT molecular complexity index is 1580. The number of thioether (sulfide) groups is 1. The number of rotatable bonds is 6. The molecule has 0 spiro atoms. The third kappa shape index (κ3) is 5.91. The second-order valence-electron chi connectivity index (χ2n) is 11.3. The molecule has 2 amide bonds. The third-order valence-electron chi connectivity index (χ3n) is 7.29. The molecule has 0 radical (unpaired) electrons. The van der Waals surface area contributed by atoms with Crippen LogP contribution in [0.3, 0.4) is 0 Å². The smallest absolute Gasteiger partial charge is 0.240 e. The zero-order valence-corrected chi connectivity index (χ0v) is 24.8. The first-order valence-corrected chi connectivity index (χ1v) is 14.6. The molecule has 41 heavy (non-hydrogen) atoms. The van der Waals surface area contributed by atoms with Crippen LogP contribution in [0.4, 0.5) is 10.2 Å². The lowest BCUT2D eigenvalue weighted by atomic mass is 9.87. The molecule has 9 heteroatoms. The number of aromatic nitrogens is 3. The summed E-state index contributed by atoms with van der Waals surface area (Å²) in [5.41, 5.74) is 6.01. The number of aryl methyl sites for hydroxylation is 1. The molecular formula is C32H34FN5O2S. The number of hydrogen-bond donors (Lipinski definition) is 1. The van der Waals surface area contributed by atoms with Crippen molar-refractivity contribution in [3.8, 4) is 5.69 Å². The van der Waals surface area contributed by atoms with E-state index in [4.69, 9.17) is 5.10 Å². The number of hydrogen-bond acceptors (Lipinski definition) is 5. The van der Waals surface area contributed by atoms with Crippen molar-refractivity contribution in [2.75, 3.05) is 17.2 Å². The van der Waals surface area contributed by atoms with Crippen LogP contribution in [0.2, 0.25) is 0 Å². The number of fused-ring (bicyclic) bond motifs is 1. The molecule has 1 N–H and O–H groups in total. The molecule has 0 aliphatic carbocycles. The van der Waals surface area contributed by atoms with Crippen molar-refractivity contribution in [1.82, 2.24) is 20.1 Å². The van der Waals surface area contributed by atoms with Crippen LogP contribution >= 0.6 is 11.8 Å². The van der Waals surface area contributed by atoms with Crippen LogP contribution in [0.25, 0.3) is 5.69 Å². The van der Waals surface area contributed by atoms with E-state index in [0.717, 1.165) is 39.2 Å². The Labute approximate surface area is 244 Å². The van der Waals surface area contributed by atoms with Crippen molar-refractivity contribution in [2.45, 2.75) is 51.8 Å². The minimum Gasteiger partial charge on any atom is -0.350 e. The van der Waals surface area contributed by atoms with Gasteiger partial charge in [-0.15, -0.1) is 11.8 Å². The van der Waals surface area contributed by atoms with E-state index in [1.54, 1.807) is 29.4 Å². The highest BCUT2D eigenvalue weighted by atomic mass is 32.2. The molecule has 212 valence electrons. The van der Waals surface area contributed by atoms with E-state index in [-0.39, 0.29) is 40.6 Å².